The number of carbonyl (C=O) groups excluding carboxylic acids is 3. The van der Waals surface area contributed by atoms with Crippen LogP contribution in [0.4, 0.5) is 0 Å². The zero-order valence-electron chi connectivity index (χ0n) is 16.0. The van der Waals surface area contributed by atoms with Crippen LogP contribution >= 0.6 is 23.2 Å². The lowest BCUT2D eigenvalue weighted by molar-refractivity contribution is 0.0924. The number of aromatic amines is 1. The molecule has 2 amide bonds. The number of ketones is 1. The van der Waals surface area contributed by atoms with Crippen LogP contribution in [0.1, 0.15) is 62.7 Å². The highest BCUT2D eigenvalue weighted by Gasteiger charge is 2.21. The van der Waals surface area contributed by atoms with Crippen LogP contribution in [-0.2, 0) is 6.42 Å². The molecule has 0 bridgehead atoms. The van der Waals surface area contributed by atoms with Gasteiger partial charge < -0.3 is 15.6 Å². The van der Waals surface area contributed by atoms with Crippen molar-refractivity contribution in [3.63, 3.8) is 0 Å². The maximum absolute atomic E-state index is 12.5. The second kappa shape index (κ2) is 9.75. The summed E-state index contributed by atoms with van der Waals surface area (Å²) in [6.07, 6.45) is 1.45. The van der Waals surface area contributed by atoms with Crippen LogP contribution in [0, 0.1) is 6.92 Å². The van der Waals surface area contributed by atoms with Gasteiger partial charge in [-0.15, -0.1) is 0 Å². The quantitative estimate of drug-likeness (QED) is 0.443. The first-order valence-corrected chi connectivity index (χ1v) is 9.75. The monoisotopic (exact) mass is 423 g/mol. The van der Waals surface area contributed by atoms with E-state index in [4.69, 9.17) is 23.2 Å². The number of amides is 2. The molecule has 0 radical (unpaired) electrons. The molecular formula is C20H23Cl2N3O3. The molecule has 0 aliphatic rings. The summed E-state index contributed by atoms with van der Waals surface area (Å²) in [7, 11) is 0. The minimum Gasteiger partial charge on any atom is -0.354 e. The number of aromatic nitrogens is 1. The Balaban J connectivity index is 1.95. The van der Waals surface area contributed by atoms with Crippen molar-refractivity contribution in [1.82, 2.24) is 15.6 Å². The topological polar surface area (TPSA) is 91.1 Å². The van der Waals surface area contributed by atoms with Gasteiger partial charge in [0.25, 0.3) is 11.8 Å². The van der Waals surface area contributed by atoms with E-state index in [0.717, 1.165) is 12.0 Å². The molecule has 0 spiro atoms. The molecule has 1 aromatic carbocycles. The zero-order valence-corrected chi connectivity index (χ0v) is 17.6. The maximum atomic E-state index is 12.5. The summed E-state index contributed by atoms with van der Waals surface area (Å²) in [5.41, 5.74) is 2.80. The molecule has 0 aliphatic heterocycles. The number of hydrogen-bond donors (Lipinski definition) is 3. The highest BCUT2D eigenvalue weighted by Crippen LogP contribution is 2.23. The van der Waals surface area contributed by atoms with Gasteiger partial charge in [0, 0.05) is 29.9 Å². The number of carbonyl (C=O) groups is 3. The van der Waals surface area contributed by atoms with Gasteiger partial charge in [-0.2, -0.15) is 0 Å². The van der Waals surface area contributed by atoms with Crippen molar-refractivity contribution in [2.75, 3.05) is 13.1 Å². The number of benzene rings is 1. The summed E-state index contributed by atoms with van der Waals surface area (Å²) in [5, 5.41) is 6.14. The third-order valence-corrected chi connectivity index (χ3v) is 4.99. The van der Waals surface area contributed by atoms with E-state index in [2.05, 4.69) is 15.6 Å². The maximum Gasteiger partial charge on any atom is 0.268 e. The summed E-state index contributed by atoms with van der Waals surface area (Å²) in [5.74, 6) is -0.679. The van der Waals surface area contributed by atoms with Crippen LogP contribution in [0.15, 0.2) is 18.2 Å². The van der Waals surface area contributed by atoms with Gasteiger partial charge >= 0.3 is 0 Å². The summed E-state index contributed by atoms with van der Waals surface area (Å²) >= 11 is 11.7. The molecule has 0 saturated heterocycles. The predicted molar refractivity (Wildman–Crippen MR) is 111 cm³/mol. The Hall–Kier alpha value is -2.31. The third kappa shape index (κ3) is 5.14. The molecule has 3 N–H and O–H groups in total. The number of Topliss-reactive ketones (excluding diaryl/α,β-unsaturated/α-hetero) is 1. The van der Waals surface area contributed by atoms with E-state index >= 15 is 0 Å². The SMILES string of the molecule is CCCc1c(C(=O)NCCNC(=O)c2ccc(Cl)c(Cl)c2)[nH]c(C)c1C(C)=O. The first kappa shape index (κ1) is 22.0. The van der Waals surface area contributed by atoms with E-state index in [9.17, 15) is 14.4 Å². The van der Waals surface area contributed by atoms with Gasteiger partial charge in [0.2, 0.25) is 0 Å². The zero-order chi connectivity index (χ0) is 20.8. The summed E-state index contributed by atoms with van der Waals surface area (Å²) in [6, 6.07) is 4.61. The van der Waals surface area contributed by atoms with Crippen molar-refractivity contribution >= 4 is 40.8 Å². The molecule has 0 fully saturated rings. The first-order valence-electron chi connectivity index (χ1n) is 9.00. The fourth-order valence-corrected chi connectivity index (χ4v) is 3.33. The Kier molecular flexibility index (Phi) is 7.66. The second-order valence-corrected chi connectivity index (χ2v) is 7.24. The Morgan fingerprint density at radius 3 is 2.25 bits per heavy atom. The Bertz CT molecular complexity index is 906. The lowest BCUT2D eigenvalue weighted by atomic mass is 10.0. The van der Waals surface area contributed by atoms with Crippen molar-refractivity contribution in [2.24, 2.45) is 0 Å². The van der Waals surface area contributed by atoms with E-state index in [1.165, 1.54) is 13.0 Å². The van der Waals surface area contributed by atoms with Gasteiger partial charge in [-0.05, 0) is 44.0 Å². The normalized spacial score (nSPS) is 10.6. The van der Waals surface area contributed by atoms with E-state index in [-0.39, 0.29) is 30.7 Å². The largest absolute Gasteiger partial charge is 0.354 e. The standard InChI is InChI=1S/C20H23Cl2N3O3/c1-4-5-14-17(12(3)26)11(2)25-18(14)20(28)24-9-8-23-19(27)13-6-7-15(21)16(22)10-13/h6-7,10,25H,4-5,8-9H2,1-3H3,(H,23,27)(H,24,28). The molecule has 150 valence electrons. The number of nitrogens with one attached hydrogen (secondary N) is 3. The number of H-pyrrole nitrogens is 1. The molecular weight excluding hydrogens is 401 g/mol. The lowest BCUT2D eigenvalue weighted by Gasteiger charge is -2.09. The van der Waals surface area contributed by atoms with Crippen LogP contribution in [0.3, 0.4) is 0 Å². The van der Waals surface area contributed by atoms with Crippen LogP contribution < -0.4 is 10.6 Å². The molecule has 0 aliphatic carbocycles. The number of aryl methyl sites for hydroxylation is 1. The van der Waals surface area contributed by atoms with E-state index in [1.807, 2.05) is 6.92 Å². The van der Waals surface area contributed by atoms with Crippen LogP contribution in [0.5, 0.6) is 0 Å². The molecule has 0 unspecified atom stereocenters. The molecule has 0 saturated carbocycles. The van der Waals surface area contributed by atoms with Crippen molar-refractivity contribution < 1.29 is 14.4 Å². The molecule has 2 aromatic rings. The van der Waals surface area contributed by atoms with Gasteiger partial charge in [-0.25, -0.2) is 0 Å². The highest BCUT2D eigenvalue weighted by molar-refractivity contribution is 6.42. The molecule has 2 rings (SSSR count). The Labute approximate surface area is 174 Å². The molecule has 28 heavy (non-hydrogen) atoms. The minimum absolute atomic E-state index is 0.0647. The van der Waals surface area contributed by atoms with E-state index in [0.29, 0.717) is 39.0 Å². The number of hydrogen-bond acceptors (Lipinski definition) is 3. The fraction of sp³-hybridized carbons (Fsp3) is 0.350. The van der Waals surface area contributed by atoms with Crippen molar-refractivity contribution in [2.45, 2.75) is 33.6 Å². The minimum atomic E-state index is -0.311. The average molecular weight is 424 g/mol. The van der Waals surface area contributed by atoms with E-state index in [1.54, 1.807) is 19.1 Å². The predicted octanol–water partition coefficient (Wildman–Crippen LogP) is 3.94. The van der Waals surface area contributed by atoms with Gasteiger partial charge in [0.05, 0.1) is 10.0 Å². The third-order valence-electron chi connectivity index (χ3n) is 4.25. The second-order valence-electron chi connectivity index (χ2n) is 6.43. The van der Waals surface area contributed by atoms with Crippen LogP contribution in [-0.4, -0.2) is 35.7 Å². The smallest absolute Gasteiger partial charge is 0.268 e. The summed E-state index contributed by atoms with van der Waals surface area (Å²) in [4.78, 5) is 39.6. The first-order chi connectivity index (χ1) is 13.3. The Morgan fingerprint density at radius 2 is 1.68 bits per heavy atom. The van der Waals surface area contributed by atoms with Gasteiger partial charge in [-0.1, -0.05) is 36.5 Å². The molecule has 0 atom stereocenters. The summed E-state index contributed by atoms with van der Waals surface area (Å²) in [6.45, 7) is 5.75. The van der Waals surface area contributed by atoms with Gasteiger partial charge in [0.15, 0.2) is 5.78 Å². The fourth-order valence-electron chi connectivity index (χ4n) is 3.03. The molecule has 1 aromatic heterocycles. The summed E-state index contributed by atoms with van der Waals surface area (Å²) < 4.78 is 0. The van der Waals surface area contributed by atoms with Crippen LogP contribution in [0.2, 0.25) is 10.0 Å². The van der Waals surface area contributed by atoms with Crippen molar-refractivity contribution in [1.29, 1.82) is 0 Å². The number of halogens is 2. The van der Waals surface area contributed by atoms with Crippen LogP contribution in [0.25, 0.3) is 0 Å². The number of rotatable bonds is 8. The van der Waals surface area contributed by atoms with Crippen molar-refractivity contribution in [3.05, 3.63) is 56.3 Å². The van der Waals surface area contributed by atoms with Crippen molar-refractivity contribution in [3.8, 4) is 0 Å². The average Bonchev–Trinajstić information content (AvgIpc) is 2.97. The molecule has 8 heteroatoms. The highest BCUT2D eigenvalue weighted by atomic mass is 35.5. The van der Waals surface area contributed by atoms with Gasteiger partial charge in [0.1, 0.15) is 5.69 Å². The lowest BCUT2D eigenvalue weighted by Crippen LogP contribution is -2.35. The molecule has 6 nitrogen and oxygen atoms in total. The van der Waals surface area contributed by atoms with E-state index < -0.39 is 0 Å². The molecule has 1 heterocycles. The van der Waals surface area contributed by atoms with Gasteiger partial charge in [-0.3, -0.25) is 14.4 Å². The Morgan fingerprint density at radius 1 is 1.04 bits per heavy atom.